The van der Waals surface area contributed by atoms with Gasteiger partial charge in [0.05, 0.1) is 16.3 Å². The van der Waals surface area contributed by atoms with Crippen molar-refractivity contribution in [1.29, 1.82) is 5.26 Å². The summed E-state index contributed by atoms with van der Waals surface area (Å²) in [5.74, 6) is -0.329. The van der Waals surface area contributed by atoms with Gasteiger partial charge < -0.3 is 0 Å². The van der Waals surface area contributed by atoms with Crippen molar-refractivity contribution >= 4 is 46.6 Å². The number of hydrogen-bond donors (Lipinski definition) is 0. The van der Waals surface area contributed by atoms with Crippen molar-refractivity contribution in [2.24, 2.45) is 0 Å². The van der Waals surface area contributed by atoms with Crippen LogP contribution >= 0.6 is 46.6 Å². The van der Waals surface area contributed by atoms with Crippen LogP contribution in [-0.2, 0) is 0 Å². The molecular formula is C24H12Cl3FN2S. The van der Waals surface area contributed by atoms with E-state index in [1.54, 1.807) is 48.5 Å². The number of halogens is 4. The summed E-state index contributed by atoms with van der Waals surface area (Å²) in [6, 6.07) is 22.5. The summed E-state index contributed by atoms with van der Waals surface area (Å²) >= 11 is 19.9. The second kappa shape index (κ2) is 9.30. The van der Waals surface area contributed by atoms with Crippen LogP contribution in [0.5, 0.6) is 0 Å². The Hall–Kier alpha value is -2.55. The second-order valence-corrected chi connectivity index (χ2v) is 8.88. The Kier molecular flexibility index (Phi) is 6.50. The van der Waals surface area contributed by atoms with Crippen molar-refractivity contribution in [3.05, 3.63) is 99.2 Å². The smallest absolute Gasteiger partial charge is 0.123 e. The van der Waals surface area contributed by atoms with Crippen molar-refractivity contribution in [3.8, 4) is 28.5 Å². The maximum Gasteiger partial charge on any atom is 0.123 e. The maximum absolute atomic E-state index is 13.3. The first kappa shape index (κ1) is 21.7. The summed E-state index contributed by atoms with van der Waals surface area (Å²) in [5.41, 5.74) is 3.26. The normalized spacial score (nSPS) is 10.7. The second-order valence-electron chi connectivity index (χ2n) is 6.54. The Morgan fingerprint density at radius 3 is 2.13 bits per heavy atom. The fourth-order valence-electron chi connectivity index (χ4n) is 3.00. The number of rotatable bonds is 4. The van der Waals surface area contributed by atoms with E-state index in [0.717, 1.165) is 16.0 Å². The Morgan fingerprint density at radius 1 is 0.806 bits per heavy atom. The molecule has 0 bridgehead atoms. The molecule has 0 aliphatic rings. The van der Waals surface area contributed by atoms with Crippen molar-refractivity contribution in [3.63, 3.8) is 0 Å². The monoisotopic (exact) mass is 484 g/mol. The molecule has 0 fully saturated rings. The molecule has 0 atom stereocenters. The molecule has 3 aromatic carbocycles. The van der Waals surface area contributed by atoms with E-state index in [0.29, 0.717) is 36.9 Å². The Labute approximate surface area is 198 Å². The van der Waals surface area contributed by atoms with E-state index in [1.807, 2.05) is 12.1 Å². The van der Waals surface area contributed by atoms with Gasteiger partial charge in [-0.1, -0.05) is 58.7 Å². The molecule has 0 unspecified atom stereocenters. The molecule has 7 heteroatoms. The van der Waals surface area contributed by atoms with E-state index in [2.05, 4.69) is 6.07 Å². The Bertz CT molecular complexity index is 1300. The van der Waals surface area contributed by atoms with Crippen LogP contribution in [-0.4, -0.2) is 4.98 Å². The highest BCUT2D eigenvalue weighted by atomic mass is 35.5. The third kappa shape index (κ3) is 4.87. The molecule has 0 N–H and O–H groups in total. The molecule has 0 amide bonds. The maximum atomic E-state index is 13.3. The SMILES string of the molecule is N#Cc1cc(-c2ccc(Cl)cc2)c(-c2ccc(Cl)cc2Cl)nc1Sc1ccc(F)cc1. The first-order valence-electron chi connectivity index (χ1n) is 9.04. The first-order valence-corrected chi connectivity index (χ1v) is 11.0. The number of nitriles is 1. The molecule has 0 saturated heterocycles. The van der Waals surface area contributed by atoms with Crippen LogP contribution in [0.2, 0.25) is 15.1 Å². The molecule has 0 saturated carbocycles. The van der Waals surface area contributed by atoms with E-state index in [9.17, 15) is 9.65 Å². The first-order chi connectivity index (χ1) is 14.9. The number of benzene rings is 3. The number of aromatic nitrogens is 1. The minimum absolute atomic E-state index is 0.329. The predicted molar refractivity (Wildman–Crippen MR) is 125 cm³/mol. The summed E-state index contributed by atoms with van der Waals surface area (Å²) in [7, 11) is 0. The van der Waals surface area contributed by atoms with Gasteiger partial charge in [-0.3, -0.25) is 0 Å². The average molecular weight is 486 g/mol. The number of hydrogen-bond acceptors (Lipinski definition) is 3. The minimum atomic E-state index is -0.329. The zero-order chi connectivity index (χ0) is 22.0. The lowest BCUT2D eigenvalue weighted by atomic mass is 9.98. The quantitative estimate of drug-likeness (QED) is 0.290. The lowest BCUT2D eigenvalue weighted by Crippen LogP contribution is -1.96. The third-order valence-corrected chi connectivity index (χ3v) is 6.29. The molecule has 0 spiro atoms. The van der Waals surface area contributed by atoms with Crippen LogP contribution in [0.25, 0.3) is 22.4 Å². The molecule has 0 aliphatic carbocycles. The zero-order valence-corrected chi connectivity index (χ0v) is 18.8. The Morgan fingerprint density at radius 2 is 1.48 bits per heavy atom. The van der Waals surface area contributed by atoms with Crippen molar-refractivity contribution in [2.75, 3.05) is 0 Å². The van der Waals surface area contributed by atoms with Gasteiger partial charge in [-0.25, -0.2) is 9.37 Å². The lowest BCUT2D eigenvalue weighted by Gasteiger charge is -2.14. The molecule has 1 aromatic heterocycles. The summed E-state index contributed by atoms with van der Waals surface area (Å²) in [6.07, 6.45) is 0. The van der Waals surface area contributed by atoms with Crippen LogP contribution in [0.1, 0.15) is 5.56 Å². The van der Waals surface area contributed by atoms with E-state index < -0.39 is 0 Å². The van der Waals surface area contributed by atoms with Crippen LogP contribution in [0.15, 0.2) is 82.7 Å². The van der Waals surface area contributed by atoms with Crippen LogP contribution in [0.3, 0.4) is 0 Å². The summed E-state index contributed by atoms with van der Waals surface area (Å²) in [4.78, 5) is 5.57. The predicted octanol–water partition coefficient (Wildman–Crippen LogP) is 8.54. The minimum Gasteiger partial charge on any atom is -0.239 e. The lowest BCUT2D eigenvalue weighted by molar-refractivity contribution is 0.626. The van der Waals surface area contributed by atoms with Gasteiger partial charge in [0.25, 0.3) is 0 Å². The molecule has 0 aliphatic heterocycles. The molecule has 2 nitrogen and oxygen atoms in total. The Balaban J connectivity index is 1.93. The number of nitrogens with zero attached hydrogens (tertiary/aromatic N) is 2. The average Bonchev–Trinajstić information content (AvgIpc) is 2.76. The summed E-state index contributed by atoms with van der Waals surface area (Å²) < 4.78 is 13.3. The van der Waals surface area contributed by atoms with Gasteiger partial charge in [0.15, 0.2) is 0 Å². The van der Waals surface area contributed by atoms with Gasteiger partial charge in [0, 0.05) is 26.1 Å². The van der Waals surface area contributed by atoms with Crippen molar-refractivity contribution in [1.82, 2.24) is 4.98 Å². The van der Waals surface area contributed by atoms with Crippen molar-refractivity contribution < 1.29 is 4.39 Å². The molecule has 152 valence electrons. The standard InChI is InChI=1S/C24H12Cl3FN2S/c25-16-3-1-14(2-4-16)21-11-15(13-29)24(31-19-8-6-18(28)7-9-19)30-23(21)20-10-5-17(26)12-22(20)27/h1-12H. The highest BCUT2D eigenvalue weighted by Gasteiger charge is 2.18. The van der Waals surface area contributed by atoms with E-state index in [-0.39, 0.29) is 5.82 Å². The van der Waals surface area contributed by atoms with Gasteiger partial charge in [-0.2, -0.15) is 5.26 Å². The molecule has 31 heavy (non-hydrogen) atoms. The van der Waals surface area contributed by atoms with Crippen LogP contribution < -0.4 is 0 Å². The molecule has 0 radical (unpaired) electrons. The molecule has 4 aromatic rings. The van der Waals surface area contributed by atoms with Gasteiger partial charge in [-0.05, 0) is 66.2 Å². The van der Waals surface area contributed by atoms with Gasteiger partial charge in [0.1, 0.15) is 16.9 Å². The molecule has 4 rings (SSSR count). The number of pyridine rings is 1. The summed E-state index contributed by atoms with van der Waals surface area (Å²) in [6.45, 7) is 0. The molecular weight excluding hydrogens is 474 g/mol. The fourth-order valence-corrected chi connectivity index (χ4v) is 4.48. The van der Waals surface area contributed by atoms with Gasteiger partial charge in [-0.15, -0.1) is 0 Å². The van der Waals surface area contributed by atoms with Crippen LogP contribution in [0.4, 0.5) is 4.39 Å². The molecule has 1 heterocycles. The fraction of sp³-hybridized carbons (Fsp3) is 0. The van der Waals surface area contributed by atoms with Gasteiger partial charge in [0.2, 0.25) is 0 Å². The zero-order valence-electron chi connectivity index (χ0n) is 15.7. The highest BCUT2D eigenvalue weighted by Crippen LogP contribution is 2.40. The topological polar surface area (TPSA) is 36.7 Å². The largest absolute Gasteiger partial charge is 0.239 e. The van der Waals surface area contributed by atoms with E-state index >= 15 is 0 Å². The van der Waals surface area contributed by atoms with E-state index in [1.165, 1.54) is 23.9 Å². The summed E-state index contributed by atoms with van der Waals surface area (Å²) in [5, 5.41) is 11.8. The highest BCUT2D eigenvalue weighted by molar-refractivity contribution is 7.99. The van der Waals surface area contributed by atoms with Gasteiger partial charge >= 0.3 is 0 Å². The third-order valence-electron chi connectivity index (χ3n) is 4.48. The van der Waals surface area contributed by atoms with Crippen molar-refractivity contribution in [2.45, 2.75) is 9.92 Å². The van der Waals surface area contributed by atoms with Crippen LogP contribution in [0, 0.1) is 17.1 Å². The van der Waals surface area contributed by atoms with E-state index in [4.69, 9.17) is 39.8 Å².